The zero-order valence-electron chi connectivity index (χ0n) is 15.2. The molecule has 2 aromatic rings. The van der Waals surface area contributed by atoms with E-state index in [2.05, 4.69) is 10.0 Å². The second-order valence-electron chi connectivity index (χ2n) is 5.98. The van der Waals surface area contributed by atoms with Crippen LogP contribution in [-0.4, -0.2) is 34.6 Å². The van der Waals surface area contributed by atoms with E-state index in [-0.39, 0.29) is 24.0 Å². The SMILES string of the molecule is COCCNS(=O)(=O)c1ccc(C)c(C(=O)NCc2ccccc2C)c1. The number of hydrogen-bond donors (Lipinski definition) is 2. The van der Waals surface area contributed by atoms with Crippen LogP contribution in [-0.2, 0) is 21.3 Å². The normalized spacial score (nSPS) is 11.3. The molecule has 0 aliphatic rings. The van der Waals surface area contributed by atoms with Gasteiger partial charge in [-0.25, -0.2) is 13.1 Å². The summed E-state index contributed by atoms with van der Waals surface area (Å²) in [4.78, 5) is 12.6. The second-order valence-corrected chi connectivity index (χ2v) is 7.74. The zero-order valence-corrected chi connectivity index (χ0v) is 16.0. The number of carbonyl (C=O) groups excluding carboxylic acids is 1. The van der Waals surface area contributed by atoms with Crippen LogP contribution in [0.3, 0.4) is 0 Å². The number of nitrogens with one attached hydrogen (secondary N) is 2. The van der Waals surface area contributed by atoms with Crippen LogP contribution in [0.15, 0.2) is 47.4 Å². The van der Waals surface area contributed by atoms with Gasteiger partial charge < -0.3 is 10.1 Å². The summed E-state index contributed by atoms with van der Waals surface area (Å²) >= 11 is 0. The van der Waals surface area contributed by atoms with Crippen molar-refractivity contribution in [3.8, 4) is 0 Å². The fourth-order valence-corrected chi connectivity index (χ4v) is 3.49. The van der Waals surface area contributed by atoms with Crippen LogP contribution >= 0.6 is 0 Å². The van der Waals surface area contributed by atoms with Gasteiger partial charge in [-0.2, -0.15) is 0 Å². The Hall–Kier alpha value is -2.22. The summed E-state index contributed by atoms with van der Waals surface area (Å²) in [6.07, 6.45) is 0. The van der Waals surface area contributed by atoms with Gasteiger partial charge in [-0.15, -0.1) is 0 Å². The highest BCUT2D eigenvalue weighted by atomic mass is 32.2. The molecule has 2 aromatic carbocycles. The number of methoxy groups -OCH3 is 1. The van der Waals surface area contributed by atoms with E-state index in [0.29, 0.717) is 17.7 Å². The van der Waals surface area contributed by atoms with E-state index in [1.807, 2.05) is 31.2 Å². The topological polar surface area (TPSA) is 84.5 Å². The molecule has 1 amide bonds. The van der Waals surface area contributed by atoms with Gasteiger partial charge in [-0.05, 0) is 42.7 Å². The van der Waals surface area contributed by atoms with Crippen LogP contribution in [0.5, 0.6) is 0 Å². The Morgan fingerprint density at radius 1 is 1.08 bits per heavy atom. The molecular weight excluding hydrogens is 352 g/mol. The van der Waals surface area contributed by atoms with Crippen molar-refractivity contribution in [1.82, 2.24) is 10.0 Å². The van der Waals surface area contributed by atoms with E-state index in [0.717, 1.165) is 11.1 Å². The average molecular weight is 376 g/mol. The van der Waals surface area contributed by atoms with Crippen molar-refractivity contribution in [3.05, 3.63) is 64.7 Å². The third-order valence-corrected chi connectivity index (χ3v) is 5.52. The van der Waals surface area contributed by atoms with Crippen molar-refractivity contribution in [2.75, 3.05) is 20.3 Å². The van der Waals surface area contributed by atoms with Gasteiger partial charge in [0.15, 0.2) is 0 Å². The quantitative estimate of drug-likeness (QED) is 0.692. The molecule has 26 heavy (non-hydrogen) atoms. The maximum atomic E-state index is 12.5. The number of benzene rings is 2. The molecule has 0 unspecified atom stereocenters. The number of sulfonamides is 1. The molecule has 0 aliphatic carbocycles. The molecule has 0 atom stereocenters. The molecule has 0 aromatic heterocycles. The molecule has 0 heterocycles. The fraction of sp³-hybridized carbons (Fsp3) is 0.316. The van der Waals surface area contributed by atoms with E-state index in [9.17, 15) is 13.2 Å². The Balaban J connectivity index is 2.16. The molecule has 0 bridgehead atoms. The van der Waals surface area contributed by atoms with E-state index in [4.69, 9.17) is 4.74 Å². The lowest BCUT2D eigenvalue weighted by atomic mass is 10.1. The first kappa shape index (κ1) is 20.1. The molecule has 6 nitrogen and oxygen atoms in total. The summed E-state index contributed by atoms with van der Waals surface area (Å²) in [6.45, 7) is 4.58. The zero-order chi connectivity index (χ0) is 19.2. The molecule has 7 heteroatoms. The smallest absolute Gasteiger partial charge is 0.251 e. The highest BCUT2D eigenvalue weighted by Gasteiger charge is 2.17. The van der Waals surface area contributed by atoms with Gasteiger partial charge in [-0.3, -0.25) is 4.79 Å². The minimum absolute atomic E-state index is 0.0558. The molecule has 0 aliphatic heterocycles. The molecule has 2 rings (SSSR count). The first-order valence-electron chi connectivity index (χ1n) is 8.27. The average Bonchev–Trinajstić information content (AvgIpc) is 2.61. The number of amides is 1. The van der Waals surface area contributed by atoms with Crippen LogP contribution in [0, 0.1) is 13.8 Å². The largest absolute Gasteiger partial charge is 0.383 e. The van der Waals surface area contributed by atoms with Crippen molar-refractivity contribution in [2.45, 2.75) is 25.3 Å². The maximum absolute atomic E-state index is 12.5. The molecule has 0 fully saturated rings. The molecule has 0 radical (unpaired) electrons. The second kappa shape index (κ2) is 8.93. The van der Waals surface area contributed by atoms with Gasteiger partial charge >= 0.3 is 0 Å². The Kier molecular flexibility index (Phi) is 6.90. The Morgan fingerprint density at radius 2 is 1.81 bits per heavy atom. The summed E-state index contributed by atoms with van der Waals surface area (Å²) < 4.78 is 31.9. The predicted octanol–water partition coefficient (Wildman–Crippen LogP) is 2.16. The third-order valence-electron chi connectivity index (χ3n) is 4.06. The molecular formula is C19H24N2O4S. The van der Waals surface area contributed by atoms with Crippen molar-refractivity contribution in [3.63, 3.8) is 0 Å². The Labute approximate surface area is 154 Å². The maximum Gasteiger partial charge on any atom is 0.251 e. The lowest BCUT2D eigenvalue weighted by Gasteiger charge is -2.12. The van der Waals surface area contributed by atoms with Crippen molar-refractivity contribution in [1.29, 1.82) is 0 Å². The lowest BCUT2D eigenvalue weighted by Crippen LogP contribution is -2.28. The standard InChI is InChI=1S/C19H24N2O4S/c1-14-6-4-5-7-16(14)13-20-19(22)18-12-17(9-8-15(18)2)26(23,24)21-10-11-25-3/h4-9,12,21H,10-11,13H2,1-3H3,(H,20,22). The predicted molar refractivity (Wildman–Crippen MR) is 101 cm³/mol. The van der Waals surface area contributed by atoms with Gasteiger partial charge in [0.2, 0.25) is 10.0 Å². The van der Waals surface area contributed by atoms with E-state index >= 15 is 0 Å². The van der Waals surface area contributed by atoms with Gasteiger partial charge in [0.25, 0.3) is 5.91 Å². The van der Waals surface area contributed by atoms with Gasteiger partial charge in [0, 0.05) is 25.8 Å². The summed E-state index contributed by atoms with van der Waals surface area (Å²) in [6, 6.07) is 12.3. The molecule has 0 saturated heterocycles. The van der Waals surface area contributed by atoms with Crippen LogP contribution < -0.4 is 10.0 Å². The van der Waals surface area contributed by atoms with E-state index < -0.39 is 10.0 Å². The molecule has 2 N–H and O–H groups in total. The number of ether oxygens (including phenoxy) is 1. The van der Waals surface area contributed by atoms with Gasteiger partial charge in [-0.1, -0.05) is 30.3 Å². The number of hydrogen-bond acceptors (Lipinski definition) is 4. The first-order valence-corrected chi connectivity index (χ1v) is 9.75. The van der Waals surface area contributed by atoms with Crippen molar-refractivity contribution in [2.24, 2.45) is 0 Å². The highest BCUT2D eigenvalue weighted by molar-refractivity contribution is 7.89. The number of rotatable bonds is 8. The summed E-state index contributed by atoms with van der Waals surface area (Å²) in [5.74, 6) is -0.306. The number of carbonyl (C=O) groups is 1. The fourth-order valence-electron chi connectivity index (χ4n) is 2.45. The first-order chi connectivity index (χ1) is 12.3. The van der Waals surface area contributed by atoms with Crippen LogP contribution in [0.25, 0.3) is 0 Å². The van der Waals surface area contributed by atoms with Gasteiger partial charge in [0.05, 0.1) is 11.5 Å². The molecule has 0 spiro atoms. The molecule has 140 valence electrons. The monoisotopic (exact) mass is 376 g/mol. The molecule has 0 saturated carbocycles. The minimum Gasteiger partial charge on any atom is -0.383 e. The van der Waals surface area contributed by atoms with Crippen molar-refractivity contribution < 1.29 is 17.9 Å². The summed E-state index contributed by atoms with van der Waals surface area (Å²) in [5, 5.41) is 2.85. The minimum atomic E-state index is -3.69. The highest BCUT2D eigenvalue weighted by Crippen LogP contribution is 2.16. The summed E-state index contributed by atoms with van der Waals surface area (Å²) in [5.41, 5.74) is 3.16. The van der Waals surface area contributed by atoms with Crippen LogP contribution in [0.1, 0.15) is 27.0 Å². The summed E-state index contributed by atoms with van der Waals surface area (Å²) in [7, 11) is -2.19. The van der Waals surface area contributed by atoms with Crippen LogP contribution in [0.2, 0.25) is 0 Å². The van der Waals surface area contributed by atoms with Crippen molar-refractivity contribution >= 4 is 15.9 Å². The third kappa shape index (κ3) is 5.14. The Morgan fingerprint density at radius 3 is 2.50 bits per heavy atom. The number of aryl methyl sites for hydroxylation is 2. The van der Waals surface area contributed by atoms with Crippen LogP contribution in [0.4, 0.5) is 0 Å². The van der Waals surface area contributed by atoms with E-state index in [1.54, 1.807) is 13.0 Å². The van der Waals surface area contributed by atoms with Gasteiger partial charge in [0.1, 0.15) is 0 Å². The Bertz CT molecular complexity index is 879. The van der Waals surface area contributed by atoms with E-state index in [1.165, 1.54) is 19.2 Å². The lowest BCUT2D eigenvalue weighted by molar-refractivity contribution is 0.0950.